The molecule has 6 heteroatoms. The average molecular weight is 278 g/mol. The van der Waals surface area contributed by atoms with Gasteiger partial charge in [-0.1, -0.05) is 20.3 Å². The van der Waals surface area contributed by atoms with Crippen molar-refractivity contribution >= 4 is 5.91 Å². The zero-order valence-corrected chi connectivity index (χ0v) is 11.4. The predicted octanol–water partition coefficient (Wildman–Crippen LogP) is 2.22. The summed E-state index contributed by atoms with van der Waals surface area (Å²) in [7, 11) is 0. The predicted molar refractivity (Wildman–Crippen MR) is 65.5 cm³/mol. The number of amides is 1. The first-order chi connectivity index (χ1) is 8.69. The molecular formula is C13H21F3N2O. The molecule has 2 N–H and O–H groups in total. The third kappa shape index (κ3) is 2.47. The summed E-state index contributed by atoms with van der Waals surface area (Å²) in [5.74, 6) is -0.857. The lowest BCUT2D eigenvalue weighted by Gasteiger charge is -2.34. The van der Waals surface area contributed by atoms with Crippen molar-refractivity contribution in [1.82, 2.24) is 10.6 Å². The Labute approximate surface area is 111 Å². The van der Waals surface area contributed by atoms with Crippen molar-refractivity contribution in [2.75, 3.05) is 13.1 Å². The van der Waals surface area contributed by atoms with Gasteiger partial charge in [-0.05, 0) is 31.2 Å². The number of carbonyl (C=O) groups is 1. The normalized spacial score (nSPS) is 34.5. The first-order valence-corrected chi connectivity index (χ1v) is 6.77. The minimum absolute atomic E-state index is 0.117. The first-order valence-electron chi connectivity index (χ1n) is 6.77. The van der Waals surface area contributed by atoms with E-state index in [1.165, 1.54) is 0 Å². The van der Waals surface area contributed by atoms with E-state index in [1.54, 1.807) is 0 Å². The Hall–Kier alpha value is -0.780. The Morgan fingerprint density at radius 2 is 2.00 bits per heavy atom. The van der Waals surface area contributed by atoms with E-state index in [4.69, 9.17) is 0 Å². The summed E-state index contributed by atoms with van der Waals surface area (Å²) in [4.78, 5) is 12.2. The largest absolute Gasteiger partial charge is 0.404 e. The topological polar surface area (TPSA) is 41.1 Å². The minimum Gasteiger partial charge on any atom is -0.352 e. The smallest absolute Gasteiger partial charge is 0.352 e. The second-order valence-electron chi connectivity index (χ2n) is 6.41. The molecule has 2 rings (SSSR count). The monoisotopic (exact) mass is 278 g/mol. The molecule has 2 unspecified atom stereocenters. The van der Waals surface area contributed by atoms with Crippen molar-refractivity contribution < 1.29 is 18.0 Å². The summed E-state index contributed by atoms with van der Waals surface area (Å²) < 4.78 is 39.7. The van der Waals surface area contributed by atoms with E-state index in [-0.39, 0.29) is 31.0 Å². The van der Waals surface area contributed by atoms with Gasteiger partial charge < -0.3 is 10.6 Å². The lowest BCUT2D eigenvalue weighted by atomic mass is 9.82. The number of nitrogens with one attached hydrogen (secondary N) is 2. The minimum atomic E-state index is -4.50. The second-order valence-corrected chi connectivity index (χ2v) is 6.41. The Morgan fingerprint density at radius 3 is 2.42 bits per heavy atom. The Kier molecular flexibility index (Phi) is 3.58. The van der Waals surface area contributed by atoms with E-state index < -0.39 is 17.5 Å². The highest BCUT2D eigenvalue weighted by Crippen LogP contribution is 2.44. The second kappa shape index (κ2) is 4.65. The first kappa shape index (κ1) is 14.6. The molecule has 2 fully saturated rings. The quantitative estimate of drug-likeness (QED) is 0.813. The van der Waals surface area contributed by atoms with E-state index >= 15 is 0 Å². The van der Waals surface area contributed by atoms with Crippen LogP contribution in [0.2, 0.25) is 0 Å². The number of hydrogen-bond acceptors (Lipinski definition) is 2. The molecule has 0 aromatic rings. The average Bonchev–Trinajstić information content (AvgIpc) is 2.86. The van der Waals surface area contributed by atoms with Crippen LogP contribution in [-0.4, -0.2) is 31.2 Å². The van der Waals surface area contributed by atoms with Gasteiger partial charge in [-0.25, -0.2) is 0 Å². The molecule has 1 heterocycles. The van der Waals surface area contributed by atoms with E-state index in [1.807, 2.05) is 13.8 Å². The van der Waals surface area contributed by atoms with Crippen molar-refractivity contribution in [3.63, 3.8) is 0 Å². The van der Waals surface area contributed by atoms with E-state index in [9.17, 15) is 18.0 Å². The van der Waals surface area contributed by atoms with Gasteiger partial charge in [0.05, 0.1) is 0 Å². The number of carbonyl (C=O) groups excluding carboxylic acids is 1. The molecule has 2 atom stereocenters. The lowest BCUT2D eigenvalue weighted by molar-refractivity contribution is -0.216. The van der Waals surface area contributed by atoms with Crippen LogP contribution < -0.4 is 10.6 Å². The summed E-state index contributed by atoms with van der Waals surface area (Å²) in [6.07, 6.45) is -2.01. The molecule has 0 radical (unpaired) electrons. The number of halogens is 3. The maximum atomic E-state index is 13.2. The van der Waals surface area contributed by atoms with Gasteiger partial charge in [-0.15, -0.1) is 0 Å². The van der Waals surface area contributed by atoms with Crippen molar-refractivity contribution in [1.29, 1.82) is 0 Å². The fraction of sp³-hybridized carbons (Fsp3) is 0.923. The van der Waals surface area contributed by atoms with Gasteiger partial charge in [0.1, 0.15) is 0 Å². The number of hydrogen-bond donors (Lipinski definition) is 2. The van der Waals surface area contributed by atoms with Gasteiger partial charge in [0, 0.05) is 12.6 Å². The highest BCUT2D eigenvalue weighted by atomic mass is 19.4. The molecule has 1 saturated heterocycles. The van der Waals surface area contributed by atoms with Crippen molar-refractivity contribution in [2.24, 2.45) is 10.8 Å². The van der Waals surface area contributed by atoms with Gasteiger partial charge in [-0.2, -0.15) is 13.2 Å². The van der Waals surface area contributed by atoms with Crippen LogP contribution in [0.5, 0.6) is 0 Å². The summed E-state index contributed by atoms with van der Waals surface area (Å²) in [5, 5.41) is 5.32. The van der Waals surface area contributed by atoms with Crippen molar-refractivity contribution in [3.8, 4) is 0 Å². The van der Waals surface area contributed by atoms with Crippen LogP contribution in [0.25, 0.3) is 0 Å². The summed E-state index contributed by atoms with van der Waals surface area (Å²) in [6, 6.07) is -0.153. The number of alkyl halides is 3. The molecule has 0 bridgehead atoms. The molecule has 3 nitrogen and oxygen atoms in total. The third-order valence-electron chi connectivity index (χ3n) is 4.70. The Balaban J connectivity index is 2.14. The van der Waals surface area contributed by atoms with Crippen LogP contribution in [0.15, 0.2) is 0 Å². The SMILES string of the molecule is CC1(C)CCCC1NC(=O)C1(C(F)(F)F)CCNC1. The summed E-state index contributed by atoms with van der Waals surface area (Å²) in [5.41, 5.74) is -2.36. The lowest BCUT2D eigenvalue weighted by Crippen LogP contribution is -2.55. The molecule has 2 aliphatic rings. The van der Waals surface area contributed by atoms with E-state index in [2.05, 4.69) is 10.6 Å². The van der Waals surface area contributed by atoms with Crippen LogP contribution >= 0.6 is 0 Å². The van der Waals surface area contributed by atoms with Gasteiger partial charge in [0.25, 0.3) is 0 Å². The number of rotatable bonds is 2. The van der Waals surface area contributed by atoms with Crippen LogP contribution in [0, 0.1) is 10.8 Å². The zero-order chi connectivity index (χ0) is 14.3. The maximum absolute atomic E-state index is 13.2. The van der Waals surface area contributed by atoms with Crippen LogP contribution in [0.4, 0.5) is 13.2 Å². The molecule has 1 amide bonds. The van der Waals surface area contributed by atoms with Crippen molar-refractivity contribution in [2.45, 2.75) is 51.7 Å². The molecular weight excluding hydrogens is 257 g/mol. The zero-order valence-electron chi connectivity index (χ0n) is 11.4. The molecule has 19 heavy (non-hydrogen) atoms. The van der Waals surface area contributed by atoms with Crippen molar-refractivity contribution in [3.05, 3.63) is 0 Å². The van der Waals surface area contributed by atoms with E-state index in [0.717, 1.165) is 19.3 Å². The molecule has 1 aliphatic heterocycles. The van der Waals surface area contributed by atoms with Gasteiger partial charge in [-0.3, -0.25) is 4.79 Å². The fourth-order valence-electron chi connectivity index (χ4n) is 3.15. The highest BCUT2D eigenvalue weighted by molar-refractivity contribution is 5.84. The van der Waals surface area contributed by atoms with Gasteiger partial charge in [0.2, 0.25) is 5.91 Å². The van der Waals surface area contributed by atoms with Crippen LogP contribution in [0.1, 0.15) is 39.5 Å². The fourth-order valence-corrected chi connectivity index (χ4v) is 3.15. The molecule has 0 aromatic carbocycles. The molecule has 0 aromatic heterocycles. The van der Waals surface area contributed by atoms with E-state index in [0.29, 0.717) is 0 Å². The Morgan fingerprint density at radius 1 is 1.32 bits per heavy atom. The van der Waals surface area contributed by atoms with Gasteiger partial charge >= 0.3 is 6.18 Å². The molecule has 1 saturated carbocycles. The maximum Gasteiger partial charge on any atom is 0.404 e. The van der Waals surface area contributed by atoms with Crippen LogP contribution in [0.3, 0.4) is 0 Å². The molecule has 110 valence electrons. The third-order valence-corrected chi connectivity index (χ3v) is 4.70. The highest BCUT2D eigenvalue weighted by Gasteiger charge is 2.61. The Bertz CT molecular complexity index is 359. The van der Waals surface area contributed by atoms with Gasteiger partial charge in [0.15, 0.2) is 5.41 Å². The molecule has 1 aliphatic carbocycles. The summed E-state index contributed by atoms with van der Waals surface area (Å²) >= 11 is 0. The van der Waals surface area contributed by atoms with Crippen LogP contribution in [-0.2, 0) is 4.79 Å². The molecule has 0 spiro atoms. The summed E-state index contributed by atoms with van der Waals surface area (Å²) in [6.45, 7) is 3.92. The standard InChI is InChI=1S/C13H21F3N2O/c1-11(2)5-3-4-9(11)18-10(19)12(13(14,15)16)6-7-17-8-12/h9,17H,3-8H2,1-2H3,(H,18,19).